The second-order valence-electron chi connectivity index (χ2n) is 12.7. The molecule has 5 rings (SSSR count). The monoisotopic (exact) mass is 545 g/mol. The van der Waals surface area contributed by atoms with Gasteiger partial charge in [0, 0.05) is 41.6 Å². The van der Waals surface area contributed by atoms with Crippen molar-refractivity contribution in [2.24, 2.45) is 22.2 Å². The molecule has 213 valence electrons. The molecule has 10 nitrogen and oxygen atoms in total. The lowest BCUT2D eigenvalue weighted by atomic mass is 9.39. The molecule has 0 aromatic carbocycles. The Kier molecular flexibility index (Phi) is 6.18. The third-order valence-electron chi connectivity index (χ3n) is 10.4. The van der Waals surface area contributed by atoms with Gasteiger partial charge in [0.15, 0.2) is 0 Å². The molecule has 1 spiro atoms. The Bertz CT molecular complexity index is 1200. The van der Waals surface area contributed by atoms with Gasteiger partial charge in [-0.2, -0.15) is 0 Å². The van der Waals surface area contributed by atoms with Crippen LogP contribution in [0, 0.1) is 28.6 Å². The molecule has 4 fully saturated rings. The first-order valence-electron chi connectivity index (χ1n) is 13.3. The fraction of sp³-hybridized carbons (Fsp3) is 0.655. The fourth-order valence-electron chi connectivity index (χ4n) is 8.47. The summed E-state index contributed by atoms with van der Waals surface area (Å²) in [6.07, 6.45) is 0.409. The van der Waals surface area contributed by atoms with E-state index in [1.165, 1.54) is 19.5 Å². The summed E-state index contributed by atoms with van der Waals surface area (Å²) in [5.74, 6) is -2.81. The van der Waals surface area contributed by atoms with Crippen molar-refractivity contribution in [2.75, 3.05) is 0 Å². The predicted octanol–water partition coefficient (Wildman–Crippen LogP) is 3.13. The first-order chi connectivity index (χ1) is 18.1. The van der Waals surface area contributed by atoms with Crippen LogP contribution in [-0.4, -0.2) is 62.7 Å². The molecule has 0 unspecified atom stereocenters. The van der Waals surface area contributed by atoms with E-state index in [9.17, 15) is 29.7 Å². The lowest BCUT2D eigenvalue weighted by molar-refractivity contribution is -0.363. The molecule has 39 heavy (non-hydrogen) atoms. The van der Waals surface area contributed by atoms with Crippen molar-refractivity contribution in [3.05, 3.63) is 42.7 Å². The Morgan fingerprint density at radius 2 is 1.95 bits per heavy atom. The van der Waals surface area contributed by atoms with Gasteiger partial charge in [-0.25, -0.2) is 0 Å². The molecule has 1 aromatic rings. The van der Waals surface area contributed by atoms with Crippen molar-refractivity contribution >= 4 is 17.9 Å². The maximum absolute atomic E-state index is 13.1. The first kappa shape index (κ1) is 27.9. The van der Waals surface area contributed by atoms with Crippen molar-refractivity contribution in [2.45, 2.75) is 95.9 Å². The van der Waals surface area contributed by atoms with Crippen LogP contribution in [0.15, 0.2) is 35.2 Å². The third-order valence-corrected chi connectivity index (χ3v) is 10.4. The molecule has 2 aliphatic carbocycles. The summed E-state index contributed by atoms with van der Waals surface area (Å²) in [5.41, 5.74) is -5.81. The van der Waals surface area contributed by atoms with Gasteiger partial charge >= 0.3 is 17.9 Å². The van der Waals surface area contributed by atoms with Crippen molar-refractivity contribution in [3.63, 3.8) is 0 Å². The van der Waals surface area contributed by atoms with Crippen LogP contribution < -0.4 is 0 Å². The molecule has 3 N–H and O–H groups in total. The number of aliphatic carboxylic acids is 1. The lowest BCUT2D eigenvalue weighted by Crippen LogP contribution is -2.82. The van der Waals surface area contributed by atoms with Crippen LogP contribution in [0.25, 0.3) is 0 Å². The Morgan fingerprint density at radius 3 is 2.54 bits per heavy atom. The molecular formula is C29H37O10. The number of rotatable bonds is 5. The first-order valence-corrected chi connectivity index (χ1v) is 13.3. The van der Waals surface area contributed by atoms with E-state index in [0.29, 0.717) is 5.56 Å². The summed E-state index contributed by atoms with van der Waals surface area (Å²) in [6.45, 7) is 12.9. The molecule has 1 aromatic heterocycles. The zero-order valence-corrected chi connectivity index (χ0v) is 22.9. The summed E-state index contributed by atoms with van der Waals surface area (Å²) in [5, 5.41) is 34.1. The number of carboxylic acid groups (broad SMARTS) is 1. The Morgan fingerprint density at radius 1 is 1.26 bits per heavy atom. The zero-order valence-electron chi connectivity index (χ0n) is 22.9. The molecule has 3 heterocycles. The number of aliphatic hydroxyl groups excluding tert-OH is 1. The van der Waals surface area contributed by atoms with Gasteiger partial charge in [-0.15, -0.1) is 0 Å². The minimum Gasteiger partial charge on any atom is -0.481 e. The normalized spacial score (nSPS) is 44.5. The van der Waals surface area contributed by atoms with Gasteiger partial charge < -0.3 is 33.9 Å². The van der Waals surface area contributed by atoms with Crippen LogP contribution in [0.2, 0.25) is 0 Å². The van der Waals surface area contributed by atoms with E-state index >= 15 is 0 Å². The number of hydrogen-bond donors (Lipinski definition) is 3. The molecule has 4 aliphatic rings. The smallest absolute Gasteiger partial charge is 0.309 e. The van der Waals surface area contributed by atoms with Crippen molar-refractivity contribution in [1.82, 2.24) is 0 Å². The van der Waals surface area contributed by atoms with Crippen LogP contribution >= 0.6 is 0 Å². The van der Waals surface area contributed by atoms with Crippen LogP contribution in [0.5, 0.6) is 0 Å². The molecule has 10 heteroatoms. The summed E-state index contributed by atoms with van der Waals surface area (Å²) < 4.78 is 23.8. The average Bonchev–Trinajstić information content (AvgIpc) is 3.35. The van der Waals surface area contributed by atoms with E-state index < -0.39 is 75.7 Å². The lowest BCUT2D eigenvalue weighted by Gasteiger charge is -2.74. The molecule has 9 atom stereocenters. The van der Waals surface area contributed by atoms with Gasteiger partial charge in [-0.1, -0.05) is 34.3 Å². The molecule has 2 aliphatic heterocycles. The van der Waals surface area contributed by atoms with E-state index in [1.54, 1.807) is 19.4 Å². The van der Waals surface area contributed by atoms with Crippen molar-refractivity contribution in [1.29, 1.82) is 0 Å². The predicted molar refractivity (Wildman–Crippen MR) is 135 cm³/mol. The number of hydrogen-bond acceptors (Lipinski definition) is 9. The number of carbonyl (C=O) groups excluding carboxylic acids is 2. The fourth-order valence-corrected chi connectivity index (χ4v) is 8.47. The Balaban J connectivity index is 1.70. The van der Waals surface area contributed by atoms with E-state index in [2.05, 4.69) is 6.58 Å². The van der Waals surface area contributed by atoms with Crippen LogP contribution in [-0.2, 0) is 28.6 Å². The van der Waals surface area contributed by atoms with Crippen molar-refractivity contribution < 1.29 is 48.3 Å². The van der Waals surface area contributed by atoms with Crippen LogP contribution in [0.3, 0.4) is 0 Å². The summed E-state index contributed by atoms with van der Waals surface area (Å²) in [6, 6.07) is 1.68. The van der Waals surface area contributed by atoms with Gasteiger partial charge in [0.05, 0.1) is 31.2 Å². The second kappa shape index (κ2) is 8.65. The highest BCUT2D eigenvalue weighted by atomic mass is 16.6. The second-order valence-corrected chi connectivity index (χ2v) is 12.7. The Hall–Kier alpha value is -2.69. The Labute approximate surface area is 227 Å². The maximum atomic E-state index is 13.1. The molecular weight excluding hydrogens is 508 g/mol. The standard InChI is InChI=1S/C29H37O10/c1-15-28-13-23(34)38-24(17-9-10-36-14-17)26(28,5)12-19(31)29(15,35)27(6)18(7-8-22(32)33)25(3,4)20(37-16(2)30)11-21(27)39-28/h7,9-10,14,18-21,24,31,35H,1,8,11-13H2,2-6H3,(H,32,33)/t18-,19+,20-,21-,24-,26-,27+,28+,29-/m0/s1. The quantitative estimate of drug-likeness (QED) is 0.372. The molecule has 2 bridgehead atoms. The van der Waals surface area contributed by atoms with Gasteiger partial charge in [0.1, 0.15) is 23.4 Å². The van der Waals surface area contributed by atoms with Gasteiger partial charge in [-0.05, 0) is 30.4 Å². The van der Waals surface area contributed by atoms with Gasteiger partial charge in [0.2, 0.25) is 0 Å². The topological polar surface area (TPSA) is 153 Å². The molecule has 2 saturated carbocycles. The number of esters is 2. The van der Waals surface area contributed by atoms with Gasteiger partial charge in [-0.3, -0.25) is 14.4 Å². The minimum absolute atomic E-state index is 0.00735. The largest absolute Gasteiger partial charge is 0.481 e. The number of furan rings is 1. The van der Waals surface area contributed by atoms with Crippen LogP contribution in [0.4, 0.5) is 0 Å². The number of fused-ring (bicyclic) bond motifs is 3. The minimum atomic E-state index is -1.97. The van der Waals surface area contributed by atoms with Gasteiger partial charge in [0.25, 0.3) is 0 Å². The average molecular weight is 546 g/mol. The third kappa shape index (κ3) is 3.47. The van der Waals surface area contributed by atoms with Crippen molar-refractivity contribution in [3.8, 4) is 0 Å². The SMILES string of the molecule is C=C1[C@]23CC(=O)O[C@@H](c4ccoc4)[C@]2(C)C[C@@H](O)[C@]1(O)[C@@]1(C)[C@H](C[C@H](OC(C)=O)C(C)(C)[C@@H]1[CH]CC(=O)O)O3. The molecule has 1 radical (unpaired) electrons. The number of ether oxygens (including phenoxy) is 3. The highest BCUT2D eigenvalue weighted by molar-refractivity contribution is 5.75. The maximum Gasteiger partial charge on any atom is 0.309 e. The number of carbonyl (C=O) groups is 3. The van der Waals surface area contributed by atoms with E-state index in [0.717, 1.165) is 0 Å². The number of carboxylic acids is 1. The highest BCUT2D eigenvalue weighted by Crippen LogP contribution is 2.73. The van der Waals surface area contributed by atoms with Crippen LogP contribution in [0.1, 0.15) is 72.0 Å². The molecule has 2 saturated heterocycles. The summed E-state index contributed by atoms with van der Waals surface area (Å²) >= 11 is 0. The number of aliphatic hydroxyl groups is 2. The summed E-state index contributed by atoms with van der Waals surface area (Å²) in [7, 11) is 0. The van der Waals surface area contributed by atoms with E-state index in [-0.39, 0.29) is 31.3 Å². The zero-order chi connectivity index (χ0) is 28.8. The number of cyclic esters (lactones) is 1. The summed E-state index contributed by atoms with van der Waals surface area (Å²) in [4.78, 5) is 36.9. The highest BCUT2D eigenvalue weighted by Gasteiger charge is 2.80. The molecule has 0 amide bonds. The van der Waals surface area contributed by atoms with E-state index in [1.807, 2.05) is 20.8 Å². The van der Waals surface area contributed by atoms with E-state index in [4.69, 9.17) is 18.6 Å².